The second-order valence-electron chi connectivity index (χ2n) is 12.5. The second kappa shape index (κ2) is 14.9. The van der Waals surface area contributed by atoms with E-state index in [2.05, 4.69) is 15.7 Å². The van der Waals surface area contributed by atoms with E-state index >= 15 is 4.39 Å². The van der Waals surface area contributed by atoms with E-state index in [-0.39, 0.29) is 54.4 Å². The molecular weight excluding hydrogens is 565 g/mol. The molecule has 1 aliphatic carbocycles. The first-order chi connectivity index (χ1) is 21.0. The Hall–Kier alpha value is -3.60. The number of hydrogen-bond acceptors (Lipinski definition) is 6. The van der Waals surface area contributed by atoms with E-state index < -0.39 is 23.4 Å². The lowest BCUT2D eigenvalue weighted by Crippen LogP contribution is -2.53. The molecule has 1 saturated heterocycles. The molecule has 0 unspecified atom stereocenters. The zero-order valence-electron chi connectivity index (χ0n) is 26.1. The highest BCUT2D eigenvalue weighted by atomic mass is 19.1. The van der Waals surface area contributed by atoms with Crippen LogP contribution < -0.4 is 10.6 Å². The van der Waals surface area contributed by atoms with Crippen LogP contribution in [0.4, 0.5) is 10.1 Å². The molecule has 1 aromatic heterocycles. The summed E-state index contributed by atoms with van der Waals surface area (Å²) in [5.41, 5.74) is 0.130. The Bertz CT molecular complexity index is 1330. The van der Waals surface area contributed by atoms with Crippen LogP contribution in [-0.2, 0) is 27.3 Å². The van der Waals surface area contributed by atoms with Gasteiger partial charge in [-0.3, -0.25) is 23.9 Å². The lowest BCUT2D eigenvalue weighted by atomic mass is 9.77. The number of piperidine rings is 1. The molecule has 3 N–H and O–H groups in total. The molecule has 44 heavy (non-hydrogen) atoms. The van der Waals surface area contributed by atoms with Gasteiger partial charge in [0.25, 0.3) is 0 Å². The quantitative estimate of drug-likeness (QED) is 0.307. The van der Waals surface area contributed by atoms with E-state index in [9.17, 15) is 24.3 Å². The van der Waals surface area contributed by atoms with Crippen molar-refractivity contribution in [2.24, 2.45) is 11.8 Å². The molecular formula is C33H46FN5O5. The third kappa shape index (κ3) is 8.52. The van der Waals surface area contributed by atoms with Gasteiger partial charge in [-0.05, 0) is 69.2 Å². The molecule has 2 aromatic rings. The topological polar surface area (TPSA) is 134 Å². The minimum atomic E-state index is -0.886. The Morgan fingerprint density at radius 2 is 1.80 bits per heavy atom. The summed E-state index contributed by atoms with van der Waals surface area (Å²) < 4.78 is 17.0. The van der Waals surface area contributed by atoms with E-state index in [4.69, 9.17) is 0 Å². The molecule has 2 fully saturated rings. The van der Waals surface area contributed by atoms with Crippen molar-refractivity contribution in [1.82, 2.24) is 20.0 Å². The summed E-state index contributed by atoms with van der Waals surface area (Å²) in [6.45, 7) is 6.62. The fourth-order valence-corrected chi connectivity index (χ4v) is 6.31. The van der Waals surface area contributed by atoms with E-state index in [1.807, 2.05) is 6.92 Å². The number of nitrogens with zero attached hydrogens (tertiary/aromatic N) is 3. The number of aryl methyl sites for hydroxylation is 1. The Kier molecular flexibility index (Phi) is 11.3. The third-order valence-corrected chi connectivity index (χ3v) is 9.10. The van der Waals surface area contributed by atoms with Gasteiger partial charge in [-0.2, -0.15) is 5.10 Å². The maximum atomic E-state index is 15.4. The number of ketones is 1. The number of Topliss-reactive ketones (excluding diaryl/α,β-unsaturated/α-hetero) is 1. The Morgan fingerprint density at radius 3 is 2.43 bits per heavy atom. The molecule has 11 heteroatoms. The van der Waals surface area contributed by atoms with Crippen LogP contribution in [0.5, 0.6) is 0 Å². The number of halogens is 1. The van der Waals surface area contributed by atoms with Crippen molar-refractivity contribution >= 4 is 29.2 Å². The molecule has 2 aliphatic rings. The van der Waals surface area contributed by atoms with E-state index in [0.717, 1.165) is 32.1 Å². The molecule has 0 radical (unpaired) electrons. The number of likely N-dealkylation sites (tertiary alicyclic amines) is 1. The van der Waals surface area contributed by atoms with Crippen LogP contribution in [0.25, 0.3) is 0 Å². The largest absolute Gasteiger partial charge is 0.390 e. The van der Waals surface area contributed by atoms with Gasteiger partial charge in [0.05, 0.1) is 11.3 Å². The molecule has 10 nitrogen and oxygen atoms in total. The van der Waals surface area contributed by atoms with Gasteiger partial charge in [-0.15, -0.1) is 0 Å². The second-order valence-corrected chi connectivity index (χ2v) is 12.5. The van der Waals surface area contributed by atoms with Crippen LogP contribution in [0.2, 0.25) is 0 Å². The Balaban J connectivity index is 1.47. The summed E-state index contributed by atoms with van der Waals surface area (Å²) in [6.07, 6.45) is 7.50. The van der Waals surface area contributed by atoms with Crippen LogP contribution in [-0.4, -0.2) is 68.0 Å². The smallest absolute Gasteiger partial charge is 0.245 e. The van der Waals surface area contributed by atoms with Gasteiger partial charge in [-0.1, -0.05) is 32.3 Å². The average Bonchev–Trinajstić information content (AvgIpc) is 3.50. The van der Waals surface area contributed by atoms with Crippen molar-refractivity contribution in [3.05, 3.63) is 47.5 Å². The van der Waals surface area contributed by atoms with Crippen molar-refractivity contribution in [3.8, 4) is 0 Å². The van der Waals surface area contributed by atoms with Crippen molar-refractivity contribution in [3.63, 3.8) is 0 Å². The van der Waals surface area contributed by atoms with Gasteiger partial charge < -0.3 is 20.6 Å². The number of aliphatic hydroxyl groups is 1. The first-order valence-corrected chi connectivity index (χ1v) is 16.0. The first kappa shape index (κ1) is 33.3. The number of rotatable bonds is 12. The normalized spacial score (nSPS) is 18.3. The van der Waals surface area contributed by atoms with Gasteiger partial charge in [0.2, 0.25) is 17.7 Å². The first-order valence-electron chi connectivity index (χ1n) is 16.0. The highest BCUT2D eigenvalue weighted by Gasteiger charge is 2.35. The van der Waals surface area contributed by atoms with Gasteiger partial charge in [-0.25, -0.2) is 4.39 Å². The molecule has 2 heterocycles. The number of anilines is 1. The summed E-state index contributed by atoms with van der Waals surface area (Å²) in [5, 5.41) is 19.9. The number of amides is 3. The molecule has 1 aliphatic heterocycles. The van der Waals surface area contributed by atoms with Crippen LogP contribution in [0, 0.1) is 17.7 Å². The van der Waals surface area contributed by atoms with Gasteiger partial charge in [0, 0.05) is 51.0 Å². The van der Waals surface area contributed by atoms with Crippen molar-refractivity contribution in [1.29, 1.82) is 0 Å². The predicted molar refractivity (Wildman–Crippen MR) is 164 cm³/mol. The highest BCUT2D eigenvalue weighted by molar-refractivity contribution is 6.00. The van der Waals surface area contributed by atoms with Gasteiger partial charge in [0.15, 0.2) is 5.78 Å². The molecule has 0 bridgehead atoms. The van der Waals surface area contributed by atoms with Crippen molar-refractivity contribution in [2.75, 3.05) is 18.4 Å². The molecule has 3 amide bonds. The number of aromatic nitrogens is 2. The maximum Gasteiger partial charge on any atom is 0.245 e. The zero-order valence-corrected chi connectivity index (χ0v) is 26.1. The highest BCUT2D eigenvalue weighted by Crippen LogP contribution is 2.34. The molecule has 0 spiro atoms. The van der Waals surface area contributed by atoms with E-state index in [1.54, 1.807) is 41.8 Å². The summed E-state index contributed by atoms with van der Waals surface area (Å²) in [6, 6.07) is 5.16. The maximum absolute atomic E-state index is 15.4. The van der Waals surface area contributed by atoms with Gasteiger partial charge >= 0.3 is 0 Å². The number of hydrogen-bond donors (Lipinski definition) is 3. The summed E-state index contributed by atoms with van der Waals surface area (Å²) in [5.74, 6) is -2.34. The van der Waals surface area contributed by atoms with Crippen LogP contribution >= 0.6 is 0 Å². The lowest BCUT2D eigenvalue weighted by Gasteiger charge is -2.37. The van der Waals surface area contributed by atoms with Crippen molar-refractivity contribution < 1.29 is 28.7 Å². The Labute approximate surface area is 258 Å². The van der Waals surface area contributed by atoms with Crippen LogP contribution in [0.15, 0.2) is 30.5 Å². The monoisotopic (exact) mass is 611 g/mol. The predicted octanol–water partition coefficient (Wildman–Crippen LogP) is 4.26. The minimum absolute atomic E-state index is 0.00402. The molecule has 1 aromatic carbocycles. The molecule has 240 valence electrons. The number of carbonyl (C=O) groups excluding carboxylic acids is 4. The zero-order chi connectivity index (χ0) is 31.9. The molecule has 1 saturated carbocycles. The fraction of sp³-hybridized carbons (Fsp3) is 0.606. The van der Waals surface area contributed by atoms with Gasteiger partial charge in [0.1, 0.15) is 17.6 Å². The lowest BCUT2D eigenvalue weighted by molar-refractivity contribution is -0.139. The van der Waals surface area contributed by atoms with E-state index in [0.29, 0.717) is 43.7 Å². The number of carbonyl (C=O) groups is 4. The number of benzene rings is 1. The summed E-state index contributed by atoms with van der Waals surface area (Å²) in [4.78, 5) is 54.0. The number of nitrogens with one attached hydrogen (secondary N) is 2. The Morgan fingerprint density at radius 1 is 1.09 bits per heavy atom. The molecule has 2 atom stereocenters. The average molecular weight is 612 g/mol. The summed E-state index contributed by atoms with van der Waals surface area (Å²) >= 11 is 0. The fourth-order valence-electron chi connectivity index (χ4n) is 6.31. The third-order valence-electron chi connectivity index (χ3n) is 9.10. The van der Waals surface area contributed by atoms with E-state index in [1.165, 1.54) is 12.1 Å². The van der Waals surface area contributed by atoms with Crippen molar-refractivity contribution in [2.45, 2.75) is 103 Å². The standard InChI is InChI=1S/C33H46FN5O5/c1-4-30(41)36-27(32(43)38-17-14-33(3,44)15-18-38)20-22-11-12-26(25(34)19-22)37-31(42)24(23-9-7-6-8-10-23)21-29(40)28-13-16-35-39(28)5-2/h11-13,16,19,23-24,27,44H,4-10,14-15,17-18,20-21H2,1-3H3,(H,36,41)(H,37,42)/t24-,27+/m0/s1. The van der Waals surface area contributed by atoms with Crippen LogP contribution in [0.1, 0.15) is 94.6 Å². The SMILES string of the molecule is CCC(=O)N[C@H](Cc1ccc(NC(=O)[C@@H](CC(=O)c2ccnn2CC)C2CCCCC2)c(F)c1)C(=O)N1CCC(C)(O)CC1. The van der Waals surface area contributed by atoms with Crippen LogP contribution in [0.3, 0.4) is 0 Å². The molecule has 4 rings (SSSR count). The minimum Gasteiger partial charge on any atom is -0.390 e. The summed E-state index contributed by atoms with van der Waals surface area (Å²) in [7, 11) is 0.